The molecule has 5 nitrogen and oxygen atoms in total. The van der Waals surface area contributed by atoms with E-state index in [4.69, 9.17) is 11.0 Å². The van der Waals surface area contributed by atoms with E-state index in [0.29, 0.717) is 18.1 Å². The Morgan fingerprint density at radius 2 is 2.26 bits per heavy atom. The van der Waals surface area contributed by atoms with Gasteiger partial charge >= 0.3 is 0 Å². The molecular formula is C13H11N5S. The molecule has 2 N–H and O–H groups in total. The molecule has 0 saturated heterocycles. The molecule has 0 saturated carbocycles. The highest BCUT2D eigenvalue weighted by molar-refractivity contribution is 7.09. The predicted molar refractivity (Wildman–Crippen MR) is 74.8 cm³/mol. The van der Waals surface area contributed by atoms with Crippen molar-refractivity contribution in [2.24, 2.45) is 0 Å². The number of fused-ring (bicyclic) bond motifs is 1. The number of hydrogen-bond acceptors (Lipinski definition) is 5. The number of hydrogen-bond donors (Lipinski definition) is 1. The largest absolute Gasteiger partial charge is 0.369 e. The Labute approximate surface area is 113 Å². The minimum Gasteiger partial charge on any atom is -0.369 e. The van der Waals surface area contributed by atoms with Crippen LogP contribution in [0.2, 0.25) is 0 Å². The molecule has 0 aliphatic rings. The summed E-state index contributed by atoms with van der Waals surface area (Å²) in [6.07, 6.45) is 0. The molecule has 0 spiro atoms. The highest BCUT2D eigenvalue weighted by Crippen LogP contribution is 2.21. The highest BCUT2D eigenvalue weighted by atomic mass is 32.1. The normalized spacial score (nSPS) is 10.7. The van der Waals surface area contributed by atoms with Crippen LogP contribution in [-0.4, -0.2) is 14.5 Å². The second kappa shape index (κ2) is 4.37. The average Bonchev–Trinajstić information content (AvgIpc) is 2.94. The van der Waals surface area contributed by atoms with E-state index < -0.39 is 0 Å². The summed E-state index contributed by atoms with van der Waals surface area (Å²) in [4.78, 5) is 8.73. The van der Waals surface area contributed by atoms with Crippen molar-refractivity contribution in [3.63, 3.8) is 0 Å². The number of aromatic nitrogens is 3. The molecule has 0 amide bonds. The van der Waals surface area contributed by atoms with Gasteiger partial charge < -0.3 is 10.3 Å². The average molecular weight is 269 g/mol. The molecule has 0 fully saturated rings. The summed E-state index contributed by atoms with van der Waals surface area (Å²) in [6, 6.07) is 7.49. The highest BCUT2D eigenvalue weighted by Gasteiger charge is 2.10. The molecule has 0 bridgehead atoms. The number of nitriles is 1. The van der Waals surface area contributed by atoms with Gasteiger partial charge in [0.15, 0.2) is 0 Å². The molecule has 94 valence electrons. The van der Waals surface area contributed by atoms with Crippen LogP contribution in [0, 0.1) is 18.3 Å². The number of nitrogens with zero attached hydrogens (tertiary/aromatic N) is 4. The number of benzene rings is 1. The first-order valence-electron chi connectivity index (χ1n) is 5.74. The third kappa shape index (κ3) is 2.04. The second-order valence-electron chi connectivity index (χ2n) is 4.25. The minimum absolute atomic E-state index is 0.443. The lowest BCUT2D eigenvalue weighted by Gasteiger charge is -2.03. The molecule has 6 heteroatoms. The van der Waals surface area contributed by atoms with Crippen molar-refractivity contribution in [2.45, 2.75) is 13.5 Å². The van der Waals surface area contributed by atoms with Gasteiger partial charge in [0, 0.05) is 11.1 Å². The van der Waals surface area contributed by atoms with E-state index in [0.717, 1.165) is 21.7 Å². The Hall–Kier alpha value is -2.39. The second-order valence-corrected chi connectivity index (χ2v) is 5.20. The van der Waals surface area contributed by atoms with Gasteiger partial charge in [-0.25, -0.2) is 9.97 Å². The predicted octanol–water partition coefficient (Wildman–Crippen LogP) is 2.30. The molecule has 0 aliphatic heterocycles. The monoisotopic (exact) mass is 269 g/mol. The lowest BCUT2D eigenvalue weighted by molar-refractivity contribution is 0.826. The lowest BCUT2D eigenvalue weighted by Crippen LogP contribution is -2.04. The Bertz CT molecular complexity index is 793. The van der Waals surface area contributed by atoms with E-state index in [-0.39, 0.29) is 0 Å². The number of anilines is 1. The molecule has 0 radical (unpaired) electrons. The van der Waals surface area contributed by atoms with Gasteiger partial charge in [0.25, 0.3) is 0 Å². The Kier molecular flexibility index (Phi) is 2.69. The maximum Gasteiger partial charge on any atom is 0.201 e. The number of imidazole rings is 1. The van der Waals surface area contributed by atoms with Gasteiger partial charge in [0.1, 0.15) is 5.01 Å². The molecule has 3 aromatic rings. The van der Waals surface area contributed by atoms with E-state index in [9.17, 15) is 0 Å². The number of aryl methyl sites for hydroxylation is 1. The van der Waals surface area contributed by atoms with Crippen LogP contribution < -0.4 is 5.73 Å². The molecule has 2 heterocycles. The zero-order valence-electron chi connectivity index (χ0n) is 10.3. The van der Waals surface area contributed by atoms with Crippen molar-refractivity contribution in [1.29, 1.82) is 5.26 Å². The SMILES string of the molecule is Cc1csc(Cn2c(N)nc3ccc(C#N)cc32)n1. The van der Waals surface area contributed by atoms with Crippen LogP contribution in [-0.2, 0) is 6.54 Å². The van der Waals surface area contributed by atoms with E-state index in [1.165, 1.54) is 0 Å². The van der Waals surface area contributed by atoms with E-state index >= 15 is 0 Å². The number of thiazole rings is 1. The van der Waals surface area contributed by atoms with Crippen molar-refractivity contribution >= 4 is 28.3 Å². The van der Waals surface area contributed by atoms with Gasteiger partial charge in [0.05, 0.1) is 29.2 Å². The fourth-order valence-corrected chi connectivity index (χ4v) is 2.75. The third-order valence-electron chi connectivity index (χ3n) is 2.87. The standard InChI is InChI=1S/C13H11N5S/c1-8-7-19-12(16-8)6-18-11-4-9(5-14)2-3-10(11)17-13(18)15/h2-4,7H,6H2,1H3,(H2,15,17). The Balaban J connectivity index is 2.11. The van der Waals surface area contributed by atoms with Crippen LogP contribution in [0.25, 0.3) is 11.0 Å². The summed E-state index contributed by atoms with van der Waals surface area (Å²) in [5.41, 5.74) is 9.21. The molecule has 3 rings (SSSR count). The zero-order valence-corrected chi connectivity index (χ0v) is 11.1. The number of rotatable bonds is 2. The van der Waals surface area contributed by atoms with Crippen LogP contribution in [0.5, 0.6) is 0 Å². The molecule has 1 aromatic carbocycles. The maximum atomic E-state index is 8.97. The summed E-state index contributed by atoms with van der Waals surface area (Å²) in [6.45, 7) is 2.54. The van der Waals surface area contributed by atoms with Crippen LogP contribution in [0.1, 0.15) is 16.3 Å². The number of nitrogen functional groups attached to an aromatic ring is 1. The topological polar surface area (TPSA) is 80.5 Å². The van der Waals surface area contributed by atoms with Gasteiger partial charge in [0.2, 0.25) is 5.95 Å². The lowest BCUT2D eigenvalue weighted by atomic mass is 10.2. The first-order chi connectivity index (χ1) is 9.17. The van der Waals surface area contributed by atoms with Crippen molar-refractivity contribution < 1.29 is 0 Å². The number of nitrogens with two attached hydrogens (primary N) is 1. The fraction of sp³-hybridized carbons (Fsp3) is 0.154. The fourth-order valence-electron chi connectivity index (χ4n) is 1.99. The van der Waals surface area contributed by atoms with Crippen LogP contribution in [0.15, 0.2) is 23.6 Å². The van der Waals surface area contributed by atoms with Crippen LogP contribution in [0.4, 0.5) is 5.95 Å². The Morgan fingerprint density at radius 3 is 2.95 bits per heavy atom. The third-order valence-corrected chi connectivity index (χ3v) is 3.82. The van der Waals surface area contributed by atoms with Crippen LogP contribution >= 0.6 is 11.3 Å². The molecular weight excluding hydrogens is 258 g/mol. The molecule has 0 aliphatic carbocycles. The van der Waals surface area contributed by atoms with E-state index in [1.54, 1.807) is 23.5 Å². The first-order valence-corrected chi connectivity index (χ1v) is 6.62. The van der Waals surface area contributed by atoms with Gasteiger partial charge in [-0.1, -0.05) is 0 Å². The van der Waals surface area contributed by atoms with E-state index in [1.807, 2.05) is 22.9 Å². The van der Waals surface area contributed by atoms with Crippen molar-refractivity contribution in [3.05, 3.63) is 39.8 Å². The van der Waals surface area contributed by atoms with Crippen molar-refractivity contribution in [2.75, 3.05) is 5.73 Å². The Morgan fingerprint density at radius 1 is 1.42 bits per heavy atom. The molecule has 0 unspecified atom stereocenters. The first kappa shape index (κ1) is 11.7. The summed E-state index contributed by atoms with van der Waals surface area (Å²) < 4.78 is 1.88. The molecule has 0 atom stereocenters. The summed E-state index contributed by atoms with van der Waals surface area (Å²) in [7, 11) is 0. The van der Waals surface area contributed by atoms with Crippen molar-refractivity contribution in [3.8, 4) is 6.07 Å². The zero-order chi connectivity index (χ0) is 13.4. The maximum absolute atomic E-state index is 8.97. The molecule has 19 heavy (non-hydrogen) atoms. The molecule has 2 aromatic heterocycles. The summed E-state index contributed by atoms with van der Waals surface area (Å²) in [5.74, 6) is 0.443. The smallest absolute Gasteiger partial charge is 0.201 e. The summed E-state index contributed by atoms with van der Waals surface area (Å²) >= 11 is 1.59. The van der Waals surface area contributed by atoms with E-state index in [2.05, 4.69) is 16.0 Å². The van der Waals surface area contributed by atoms with Crippen LogP contribution in [0.3, 0.4) is 0 Å². The van der Waals surface area contributed by atoms with Crippen molar-refractivity contribution in [1.82, 2.24) is 14.5 Å². The van der Waals surface area contributed by atoms with Gasteiger partial charge in [-0.3, -0.25) is 0 Å². The van der Waals surface area contributed by atoms with Gasteiger partial charge in [-0.05, 0) is 25.1 Å². The van der Waals surface area contributed by atoms with Gasteiger partial charge in [-0.2, -0.15) is 5.26 Å². The summed E-state index contributed by atoms with van der Waals surface area (Å²) in [5, 5.41) is 11.9. The minimum atomic E-state index is 0.443. The van der Waals surface area contributed by atoms with Gasteiger partial charge in [-0.15, -0.1) is 11.3 Å². The quantitative estimate of drug-likeness (QED) is 0.774.